The zero-order valence-electron chi connectivity index (χ0n) is 16.0. The summed E-state index contributed by atoms with van der Waals surface area (Å²) in [4.78, 5) is 21.5. The average molecular weight is 428 g/mol. The van der Waals surface area contributed by atoms with Crippen LogP contribution < -0.4 is 4.72 Å². The highest BCUT2D eigenvalue weighted by atomic mass is 32.2. The Kier molecular flexibility index (Phi) is 7.33. The molecule has 0 fully saturated rings. The van der Waals surface area contributed by atoms with Crippen LogP contribution in [0, 0.1) is 0 Å². The summed E-state index contributed by atoms with van der Waals surface area (Å²) in [5, 5.41) is 12.8. The van der Waals surface area contributed by atoms with Crippen LogP contribution in [0.4, 0.5) is 0 Å². The number of hydrogen-bond donors (Lipinski definition) is 3. The number of carboxylic acids is 1. The summed E-state index contributed by atoms with van der Waals surface area (Å²) in [6.07, 6.45) is -0.770. The third-order valence-electron chi connectivity index (χ3n) is 3.92. The fourth-order valence-corrected chi connectivity index (χ4v) is 5.40. The molecule has 3 unspecified atom stereocenters. The molecule has 0 aliphatic heterocycles. The molecule has 154 valence electrons. The molecule has 8 nitrogen and oxygen atoms in total. The van der Waals surface area contributed by atoms with E-state index in [1.165, 1.54) is 0 Å². The van der Waals surface area contributed by atoms with Crippen LogP contribution in [0.2, 0.25) is 0 Å². The highest BCUT2D eigenvalue weighted by Crippen LogP contribution is 2.50. The molecule has 28 heavy (non-hydrogen) atoms. The summed E-state index contributed by atoms with van der Waals surface area (Å²) in [6.45, 7) is 5.16. The van der Waals surface area contributed by atoms with E-state index in [1.807, 2.05) is 30.3 Å². The number of carboxylic acid groups (broad SMARTS) is 1. The number of hydrogen-bond acceptors (Lipinski definition) is 5. The minimum Gasteiger partial charge on any atom is -0.481 e. The first-order valence-corrected chi connectivity index (χ1v) is 11.8. The molecule has 2 aromatic rings. The molecule has 2 rings (SSSR count). The van der Waals surface area contributed by atoms with E-state index in [2.05, 4.69) is 9.88 Å². The molecule has 0 aliphatic carbocycles. The molecule has 1 aromatic carbocycles. The first kappa shape index (κ1) is 22.5. The van der Waals surface area contributed by atoms with Crippen LogP contribution in [0.25, 0.3) is 11.3 Å². The smallest absolute Gasteiger partial charge is 0.303 e. The van der Waals surface area contributed by atoms with Crippen molar-refractivity contribution in [2.75, 3.05) is 0 Å². The number of rotatable bonds is 9. The quantitative estimate of drug-likeness (QED) is 0.522. The Balaban J connectivity index is 2.19. The minimum atomic E-state index is -3.97. The second-order valence-electron chi connectivity index (χ2n) is 7.41. The van der Waals surface area contributed by atoms with Gasteiger partial charge in [0.1, 0.15) is 0 Å². The summed E-state index contributed by atoms with van der Waals surface area (Å²) >= 11 is 0. The highest BCUT2D eigenvalue weighted by Gasteiger charge is 2.36. The highest BCUT2D eigenvalue weighted by molar-refractivity contribution is 7.84. The number of nitrogens with one attached hydrogen (secondary N) is 1. The monoisotopic (exact) mass is 428 g/mol. The number of aromatic nitrogens is 1. The van der Waals surface area contributed by atoms with E-state index in [1.54, 1.807) is 26.8 Å². The molecule has 1 heterocycles. The summed E-state index contributed by atoms with van der Waals surface area (Å²) < 4.78 is 32.6. The molecule has 10 heteroatoms. The van der Waals surface area contributed by atoms with Crippen molar-refractivity contribution in [3.05, 3.63) is 42.1 Å². The molecule has 0 aliphatic rings. The van der Waals surface area contributed by atoms with E-state index in [0.717, 1.165) is 5.56 Å². The van der Waals surface area contributed by atoms with Crippen LogP contribution in [-0.4, -0.2) is 35.9 Å². The van der Waals surface area contributed by atoms with Gasteiger partial charge >= 0.3 is 5.97 Å². The second kappa shape index (κ2) is 9.13. The first-order valence-electron chi connectivity index (χ1n) is 8.71. The van der Waals surface area contributed by atoms with E-state index in [-0.39, 0.29) is 24.7 Å². The lowest BCUT2D eigenvalue weighted by molar-refractivity contribution is -0.137. The Morgan fingerprint density at radius 2 is 1.96 bits per heavy atom. The van der Waals surface area contributed by atoms with E-state index >= 15 is 0 Å². The zero-order valence-corrected chi connectivity index (χ0v) is 17.7. The van der Waals surface area contributed by atoms with Crippen LogP contribution in [0.1, 0.15) is 39.3 Å². The Bertz CT molecular complexity index is 878. The SMILES string of the molecule is CC(C)(C)S(=O)NC(CCC(=O)O)P(=O)(O)Cc1cc(-c2ccccc2)on1. The van der Waals surface area contributed by atoms with Gasteiger partial charge in [-0.2, -0.15) is 0 Å². The lowest BCUT2D eigenvalue weighted by atomic mass is 10.2. The van der Waals surface area contributed by atoms with Crippen molar-refractivity contribution in [2.24, 2.45) is 0 Å². The number of benzene rings is 1. The average Bonchev–Trinajstić information content (AvgIpc) is 3.05. The van der Waals surface area contributed by atoms with Gasteiger partial charge in [0.2, 0.25) is 7.37 Å². The molecule has 0 spiro atoms. The van der Waals surface area contributed by atoms with Crippen molar-refractivity contribution in [3.8, 4) is 11.3 Å². The lowest BCUT2D eigenvalue weighted by Crippen LogP contribution is -2.40. The molecule has 0 amide bonds. The van der Waals surface area contributed by atoms with Crippen LogP contribution in [-0.2, 0) is 26.5 Å². The molecule has 3 atom stereocenters. The Morgan fingerprint density at radius 3 is 2.54 bits per heavy atom. The first-order chi connectivity index (χ1) is 13.0. The van der Waals surface area contributed by atoms with E-state index in [9.17, 15) is 18.5 Å². The molecule has 0 saturated heterocycles. The maximum Gasteiger partial charge on any atom is 0.303 e. The van der Waals surface area contributed by atoms with Gasteiger partial charge in [-0.1, -0.05) is 35.5 Å². The molecule has 0 saturated carbocycles. The summed E-state index contributed by atoms with van der Waals surface area (Å²) in [5.41, 5.74) is 1.05. The Labute approximate surface area is 166 Å². The van der Waals surface area contributed by atoms with Crippen molar-refractivity contribution >= 4 is 24.3 Å². The molecule has 3 N–H and O–H groups in total. The molecule has 1 aromatic heterocycles. The van der Waals surface area contributed by atoms with Crippen molar-refractivity contribution in [1.29, 1.82) is 0 Å². The fourth-order valence-electron chi connectivity index (χ4n) is 2.37. The standard InChI is InChI=1S/C18H25N2O6PS/c1-18(2,3)28(25)20-16(9-10-17(21)22)27(23,24)12-14-11-15(26-19-14)13-7-5-4-6-8-13/h4-8,11,16,20H,9-10,12H2,1-3H3,(H,21,22)(H,23,24). The predicted molar refractivity (Wildman–Crippen MR) is 107 cm³/mol. The van der Waals surface area contributed by atoms with Crippen molar-refractivity contribution in [3.63, 3.8) is 0 Å². The zero-order chi connectivity index (χ0) is 20.9. The van der Waals surface area contributed by atoms with Gasteiger partial charge < -0.3 is 14.5 Å². The van der Waals surface area contributed by atoms with Crippen molar-refractivity contribution in [1.82, 2.24) is 9.88 Å². The van der Waals surface area contributed by atoms with Crippen LogP contribution in [0.15, 0.2) is 40.9 Å². The van der Waals surface area contributed by atoms with Gasteiger partial charge in [-0.3, -0.25) is 9.36 Å². The minimum absolute atomic E-state index is 0.131. The van der Waals surface area contributed by atoms with Gasteiger partial charge in [0.25, 0.3) is 0 Å². The fraction of sp³-hybridized carbons (Fsp3) is 0.444. The topological polar surface area (TPSA) is 130 Å². The largest absolute Gasteiger partial charge is 0.481 e. The van der Waals surface area contributed by atoms with Gasteiger partial charge in [0, 0.05) is 18.1 Å². The third kappa shape index (κ3) is 6.38. The maximum absolute atomic E-state index is 13.0. The van der Waals surface area contributed by atoms with Gasteiger partial charge in [-0.15, -0.1) is 0 Å². The molecule has 0 bridgehead atoms. The van der Waals surface area contributed by atoms with Gasteiger partial charge in [0.15, 0.2) is 5.76 Å². The second-order valence-corrected chi connectivity index (χ2v) is 11.9. The predicted octanol–water partition coefficient (Wildman–Crippen LogP) is 3.35. The van der Waals surface area contributed by atoms with Crippen LogP contribution in [0.5, 0.6) is 0 Å². The number of carbonyl (C=O) groups is 1. The van der Waals surface area contributed by atoms with E-state index in [0.29, 0.717) is 5.76 Å². The van der Waals surface area contributed by atoms with Crippen LogP contribution in [0.3, 0.4) is 0 Å². The lowest BCUT2D eigenvalue weighted by Gasteiger charge is -2.27. The third-order valence-corrected chi connectivity index (χ3v) is 7.85. The van der Waals surface area contributed by atoms with E-state index < -0.39 is 34.9 Å². The van der Waals surface area contributed by atoms with Crippen LogP contribution >= 0.6 is 7.37 Å². The Morgan fingerprint density at radius 1 is 1.32 bits per heavy atom. The maximum atomic E-state index is 13.0. The summed E-state index contributed by atoms with van der Waals surface area (Å²) in [5.74, 6) is -1.77. The molecular formula is C18H25N2O6PS. The number of nitrogens with zero attached hydrogens (tertiary/aromatic N) is 1. The molecule has 0 radical (unpaired) electrons. The molecular weight excluding hydrogens is 403 g/mol. The van der Waals surface area contributed by atoms with Gasteiger partial charge in [-0.25, -0.2) is 8.93 Å². The Hall–Kier alpha value is -1.80. The van der Waals surface area contributed by atoms with Crippen molar-refractivity contribution < 1.29 is 28.1 Å². The summed E-state index contributed by atoms with van der Waals surface area (Å²) in [7, 11) is -5.60. The van der Waals surface area contributed by atoms with Crippen molar-refractivity contribution in [2.45, 2.75) is 50.3 Å². The normalized spacial score (nSPS) is 16.3. The van der Waals surface area contributed by atoms with Gasteiger partial charge in [0.05, 0.1) is 33.4 Å². The summed E-state index contributed by atoms with van der Waals surface area (Å²) in [6, 6.07) is 10.8. The van der Waals surface area contributed by atoms with Gasteiger partial charge in [-0.05, 0) is 27.2 Å². The van der Waals surface area contributed by atoms with E-state index in [4.69, 9.17) is 9.63 Å². The number of aliphatic carboxylic acids is 1.